The predicted octanol–water partition coefficient (Wildman–Crippen LogP) is 2.63. The molecular weight excluding hydrogens is 344 g/mol. The molecule has 1 amide bonds. The van der Waals surface area contributed by atoms with Crippen LogP contribution in [0.15, 0.2) is 59.5 Å². The molecule has 3 rings (SSSR count). The molecular formula is C17H14N2O5S. The monoisotopic (exact) mass is 358 g/mol. The third-order valence-corrected chi connectivity index (χ3v) is 4.48. The summed E-state index contributed by atoms with van der Waals surface area (Å²) in [6, 6.07) is 13.2. The zero-order valence-corrected chi connectivity index (χ0v) is 13.6. The number of nitrogen functional groups attached to an aromatic ring is 1. The second-order valence-electron chi connectivity index (χ2n) is 5.43. The van der Waals surface area contributed by atoms with Crippen molar-refractivity contribution in [2.45, 2.75) is 4.90 Å². The molecule has 5 N–H and O–H groups in total. The summed E-state index contributed by atoms with van der Waals surface area (Å²) < 4.78 is 32.4. The van der Waals surface area contributed by atoms with Gasteiger partial charge in [0.15, 0.2) is 0 Å². The number of amides is 1. The van der Waals surface area contributed by atoms with Crippen molar-refractivity contribution in [3.63, 3.8) is 0 Å². The number of anilines is 2. The average molecular weight is 358 g/mol. The summed E-state index contributed by atoms with van der Waals surface area (Å²) in [5.41, 5.74) is 6.77. The van der Waals surface area contributed by atoms with E-state index in [9.17, 15) is 22.9 Å². The molecule has 128 valence electrons. The number of nitrogens with one attached hydrogen (secondary N) is 1. The van der Waals surface area contributed by atoms with Gasteiger partial charge < -0.3 is 16.2 Å². The van der Waals surface area contributed by atoms with Gasteiger partial charge in [0.2, 0.25) is 0 Å². The van der Waals surface area contributed by atoms with E-state index < -0.39 is 20.9 Å². The van der Waals surface area contributed by atoms with Gasteiger partial charge in [0.25, 0.3) is 16.0 Å². The second-order valence-corrected chi connectivity index (χ2v) is 6.82. The van der Waals surface area contributed by atoms with Crippen LogP contribution >= 0.6 is 0 Å². The Hall–Kier alpha value is -3.10. The largest absolute Gasteiger partial charge is 0.508 e. The third kappa shape index (κ3) is 3.54. The molecule has 0 heterocycles. The number of phenols is 1. The summed E-state index contributed by atoms with van der Waals surface area (Å²) in [7, 11) is -4.54. The molecule has 0 radical (unpaired) electrons. The van der Waals surface area contributed by atoms with Gasteiger partial charge in [0.1, 0.15) is 10.6 Å². The Morgan fingerprint density at radius 3 is 2.48 bits per heavy atom. The maximum atomic E-state index is 12.3. The number of aromatic hydroxyl groups is 1. The standard InChI is InChI=1S/C17H14N2O5S/c18-12-3-1-2-11(6-12)17(21)19-13-5-4-10-7-14(20)9-16(15(10)8-13)25(22,23)24/h1-9,20H,18H2,(H,19,21)(H,22,23,24). The van der Waals surface area contributed by atoms with Crippen molar-refractivity contribution >= 4 is 38.2 Å². The lowest BCUT2D eigenvalue weighted by atomic mass is 10.1. The van der Waals surface area contributed by atoms with Gasteiger partial charge in [0, 0.05) is 28.4 Å². The summed E-state index contributed by atoms with van der Waals surface area (Å²) in [6.45, 7) is 0. The summed E-state index contributed by atoms with van der Waals surface area (Å²) in [5.74, 6) is -0.712. The highest BCUT2D eigenvalue weighted by atomic mass is 32.2. The van der Waals surface area contributed by atoms with Crippen molar-refractivity contribution in [2.75, 3.05) is 11.1 Å². The fraction of sp³-hybridized carbons (Fsp3) is 0. The molecule has 3 aromatic rings. The fourth-order valence-electron chi connectivity index (χ4n) is 2.48. The maximum Gasteiger partial charge on any atom is 0.295 e. The van der Waals surface area contributed by atoms with E-state index in [1.54, 1.807) is 24.3 Å². The van der Waals surface area contributed by atoms with Crippen LogP contribution in [0.5, 0.6) is 5.75 Å². The number of carbonyl (C=O) groups is 1. The van der Waals surface area contributed by atoms with E-state index >= 15 is 0 Å². The minimum Gasteiger partial charge on any atom is -0.508 e. The normalized spacial score (nSPS) is 11.4. The van der Waals surface area contributed by atoms with Gasteiger partial charge >= 0.3 is 0 Å². The van der Waals surface area contributed by atoms with Gasteiger partial charge in [-0.2, -0.15) is 8.42 Å². The summed E-state index contributed by atoms with van der Waals surface area (Å²) in [5, 5.41) is 12.8. The summed E-state index contributed by atoms with van der Waals surface area (Å²) in [6.07, 6.45) is 0. The molecule has 25 heavy (non-hydrogen) atoms. The molecule has 0 atom stereocenters. The summed E-state index contributed by atoms with van der Waals surface area (Å²) in [4.78, 5) is 11.8. The maximum absolute atomic E-state index is 12.3. The van der Waals surface area contributed by atoms with Crippen molar-refractivity contribution in [1.29, 1.82) is 0 Å². The minimum atomic E-state index is -4.54. The van der Waals surface area contributed by atoms with Crippen LogP contribution in [0.4, 0.5) is 11.4 Å². The van der Waals surface area contributed by atoms with E-state index in [0.717, 1.165) is 6.07 Å². The van der Waals surface area contributed by atoms with Crippen LogP contribution in [0.25, 0.3) is 10.8 Å². The molecule has 0 saturated heterocycles. The van der Waals surface area contributed by atoms with E-state index in [4.69, 9.17) is 5.73 Å². The smallest absolute Gasteiger partial charge is 0.295 e. The van der Waals surface area contributed by atoms with Crippen LogP contribution in [0, 0.1) is 0 Å². The SMILES string of the molecule is Nc1cccc(C(=O)Nc2ccc3cc(O)cc(S(=O)(=O)O)c3c2)c1. The molecule has 0 aliphatic heterocycles. The molecule has 0 aliphatic carbocycles. The Bertz CT molecular complexity index is 1090. The number of hydrogen-bond donors (Lipinski definition) is 4. The second kappa shape index (κ2) is 6.08. The highest BCUT2D eigenvalue weighted by molar-refractivity contribution is 7.86. The van der Waals surface area contributed by atoms with Gasteiger partial charge in [-0.25, -0.2) is 0 Å². The Morgan fingerprint density at radius 2 is 1.80 bits per heavy atom. The highest BCUT2D eigenvalue weighted by Gasteiger charge is 2.16. The van der Waals surface area contributed by atoms with Gasteiger partial charge in [-0.1, -0.05) is 12.1 Å². The van der Waals surface area contributed by atoms with Gasteiger partial charge in [-0.15, -0.1) is 0 Å². The zero-order chi connectivity index (χ0) is 18.2. The number of carbonyl (C=O) groups excluding carboxylic acids is 1. The zero-order valence-electron chi connectivity index (χ0n) is 12.8. The van der Waals surface area contributed by atoms with E-state index in [0.29, 0.717) is 22.3 Å². The van der Waals surface area contributed by atoms with E-state index in [1.807, 2.05) is 0 Å². The van der Waals surface area contributed by atoms with E-state index in [2.05, 4.69) is 5.32 Å². The first kappa shape index (κ1) is 16.7. The number of phenolic OH excluding ortho intramolecular Hbond substituents is 1. The lowest BCUT2D eigenvalue weighted by Crippen LogP contribution is -2.12. The first-order valence-corrected chi connectivity index (χ1v) is 8.59. The van der Waals surface area contributed by atoms with Crippen LogP contribution in [-0.2, 0) is 10.1 Å². The van der Waals surface area contributed by atoms with Crippen molar-refractivity contribution in [1.82, 2.24) is 0 Å². The Morgan fingerprint density at radius 1 is 1.04 bits per heavy atom. The van der Waals surface area contributed by atoms with Crippen LogP contribution in [-0.4, -0.2) is 24.0 Å². The molecule has 0 fully saturated rings. The Balaban J connectivity index is 2.04. The molecule has 0 unspecified atom stereocenters. The lowest BCUT2D eigenvalue weighted by molar-refractivity contribution is 0.102. The molecule has 0 bridgehead atoms. The van der Waals surface area contributed by atoms with Crippen LogP contribution in [0.2, 0.25) is 0 Å². The van der Waals surface area contributed by atoms with Crippen LogP contribution in [0.3, 0.4) is 0 Å². The Labute approximate surface area is 143 Å². The van der Waals surface area contributed by atoms with Crippen LogP contribution < -0.4 is 11.1 Å². The average Bonchev–Trinajstić information content (AvgIpc) is 2.53. The molecule has 8 heteroatoms. The third-order valence-electron chi connectivity index (χ3n) is 3.59. The highest BCUT2D eigenvalue weighted by Crippen LogP contribution is 2.30. The molecule has 0 aromatic heterocycles. The molecule has 0 aliphatic rings. The topological polar surface area (TPSA) is 130 Å². The number of rotatable bonds is 3. The lowest BCUT2D eigenvalue weighted by Gasteiger charge is -2.10. The first-order valence-electron chi connectivity index (χ1n) is 7.15. The van der Waals surface area contributed by atoms with Gasteiger partial charge in [-0.05, 0) is 41.8 Å². The van der Waals surface area contributed by atoms with Gasteiger partial charge in [-0.3, -0.25) is 9.35 Å². The van der Waals surface area contributed by atoms with Gasteiger partial charge in [0.05, 0.1) is 0 Å². The van der Waals surface area contributed by atoms with Crippen molar-refractivity contribution < 1.29 is 22.9 Å². The van der Waals surface area contributed by atoms with Crippen molar-refractivity contribution in [2.24, 2.45) is 0 Å². The number of fused-ring (bicyclic) bond motifs is 1. The van der Waals surface area contributed by atoms with Crippen molar-refractivity contribution in [3.05, 3.63) is 60.2 Å². The first-order chi connectivity index (χ1) is 11.7. The summed E-state index contributed by atoms with van der Waals surface area (Å²) >= 11 is 0. The molecule has 3 aromatic carbocycles. The van der Waals surface area contributed by atoms with E-state index in [1.165, 1.54) is 24.3 Å². The Kier molecular flexibility index (Phi) is 4.07. The molecule has 7 nitrogen and oxygen atoms in total. The quantitative estimate of drug-likeness (QED) is 0.421. The fourth-order valence-corrected chi connectivity index (χ4v) is 3.21. The van der Waals surface area contributed by atoms with Crippen LogP contribution in [0.1, 0.15) is 10.4 Å². The minimum absolute atomic E-state index is 0.172. The van der Waals surface area contributed by atoms with Crippen molar-refractivity contribution in [3.8, 4) is 5.75 Å². The molecule has 0 saturated carbocycles. The number of benzene rings is 3. The number of nitrogens with two attached hydrogens (primary N) is 1. The molecule has 0 spiro atoms. The number of hydrogen-bond acceptors (Lipinski definition) is 5. The van der Waals surface area contributed by atoms with E-state index in [-0.39, 0.29) is 11.1 Å². The predicted molar refractivity (Wildman–Crippen MR) is 94.2 cm³/mol.